The SMILES string of the molecule is CCOC(=O)[C@@H](C)Sc1nc2c(cnn2-c2ccc(C)cc2)c(=O)[nH]1. The standard InChI is InChI=1S/C17H18N4O3S/c1-4-24-16(23)11(3)25-17-19-14-13(15(22)20-17)9-18-21(14)12-7-5-10(2)6-8-12/h5-9,11H,4H2,1-3H3,(H,19,20,22)/t11-/m1/s1. The number of aromatic nitrogens is 4. The fraction of sp³-hybridized carbons (Fsp3) is 0.294. The number of nitrogens with one attached hydrogen (secondary N) is 1. The van der Waals surface area contributed by atoms with E-state index in [2.05, 4.69) is 15.1 Å². The van der Waals surface area contributed by atoms with Crippen LogP contribution in [0.1, 0.15) is 19.4 Å². The van der Waals surface area contributed by atoms with Crippen LogP contribution in [0.25, 0.3) is 16.7 Å². The van der Waals surface area contributed by atoms with Gasteiger partial charge in [0, 0.05) is 0 Å². The topological polar surface area (TPSA) is 89.9 Å². The summed E-state index contributed by atoms with van der Waals surface area (Å²) < 4.78 is 6.60. The lowest BCUT2D eigenvalue weighted by Crippen LogP contribution is -2.18. The van der Waals surface area contributed by atoms with Gasteiger partial charge in [-0.05, 0) is 32.9 Å². The van der Waals surface area contributed by atoms with Crippen molar-refractivity contribution in [1.82, 2.24) is 19.7 Å². The second kappa shape index (κ2) is 7.10. The van der Waals surface area contributed by atoms with Crippen molar-refractivity contribution in [3.63, 3.8) is 0 Å². The molecule has 25 heavy (non-hydrogen) atoms. The molecule has 0 radical (unpaired) electrons. The highest BCUT2D eigenvalue weighted by Gasteiger charge is 2.19. The molecule has 0 aliphatic carbocycles. The average Bonchev–Trinajstić information content (AvgIpc) is 3.00. The van der Waals surface area contributed by atoms with Crippen LogP contribution in [-0.2, 0) is 9.53 Å². The minimum Gasteiger partial charge on any atom is -0.465 e. The highest BCUT2D eigenvalue weighted by atomic mass is 32.2. The molecule has 130 valence electrons. The third kappa shape index (κ3) is 3.58. The first-order valence-electron chi connectivity index (χ1n) is 7.88. The molecule has 0 fully saturated rings. The van der Waals surface area contributed by atoms with Crippen LogP contribution in [-0.4, -0.2) is 37.6 Å². The van der Waals surface area contributed by atoms with E-state index in [0.717, 1.165) is 23.0 Å². The van der Waals surface area contributed by atoms with Gasteiger partial charge >= 0.3 is 5.97 Å². The molecule has 3 aromatic rings. The number of aromatic amines is 1. The Hall–Kier alpha value is -2.61. The minimum atomic E-state index is -0.476. The maximum absolute atomic E-state index is 12.3. The molecule has 0 amide bonds. The van der Waals surface area contributed by atoms with Crippen LogP contribution in [0.5, 0.6) is 0 Å². The Morgan fingerprint density at radius 3 is 2.76 bits per heavy atom. The summed E-state index contributed by atoms with van der Waals surface area (Å²) in [4.78, 5) is 31.2. The van der Waals surface area contributed by atoms with Crippen molar-refractivity contribution < 1.29 is 9.53 Å². The number of esters is 1. The fourth-order valence-electron chi connectivity index (χ4n) is 2.30. The predicted octanol–water partition coefficient (Wildman–Crippen LogP) is 2.46. The van der Waals surface area contributed by atoms with Gasteiger partial charge in [-0.25, -0.2) is 9.67 Å². The fourth-order valence-corrected chi connectivity index (χ4v) is 3.09. The van der Waals surface area contributed by atoms with Gasteiger partial charge in [-0.3, -0.25) is 9.59 Å². The molecule has 0 saturated heterocycles. The number of aryl methyl sites for hydroxylation is 1. The third-order valence-electron chi connectivity index (χ3n) is 3.60. The summed E-state index contributed by atoms with van der Waals surface area (Å²) in [7, 11) is 0. The molecule has 1 aromatic carbocycles. The van der Waals surface area contributed by atoms with Crippen molar-refractivity contribution in [1.29, 1.82) is 0 Å². The molecule has 0 bridgehead atoms. The zero-order chi connectivity index (χ0) is 18.0. The number of thioether (sulfide) groups is 1. The summed E-state index contributed by atoms with van der Waals surface area (Å²) in [5.41, 5.74) is 2.10. The van der Waals surface area contributed by atoms with E-state index in [1.165, 1.54) is 6.20 Å². The van der Waals surface area contributed by atoms with Crippen molar-refractivity contribution in [3.05, 3.63) is 46.4 Å². The van der Waals surface area contributed by atoms with E-state index in [-0.39, 0.29) is 11.5 Å². The number of carbonyl (C=O) groups is 1. The van der Waals surface area contributed by atoms with E-state index in [1.807, 2.05) is 31.2 Å². The molecule has 2 aromatic heterocycles. The number of fused-ring (bicyclic) bond motifs is 1. The number of H-pyrrole nitrogens is 1. The van der Waals surface area contributed by atoms with E-state index in [9.17, 15) is 9.59 Å². The summed E-state index contributed by atoms with van der Waals surface area (Å²) in [5, 5.41) is 4.55. The van der Waals surface area contributed by atoms with Gasteiger partial charge in [0.05, 0.1) is 18.5 Å². The summed E-state index contributed by atoms with van der Waals surface area (Å²) in [6, 6.07) is 7.76. The van der Waals surface area contributed by atoms with E-state index >= 15 is 0 Å². The molecule has 1 atom stereocenters. The van der Waals surface area contributed by atoms with Crippen molar-refractivity contribution >= 4 is 28.8 Å². The summed E-state index contributed by atoms with van der Waals surface area (Å²) in [6.45, 7) is 5.78. The van der Waals surface area contributed by atoms with Crippen LogP contribution >= 0.6 is 11.8 Å². The number of carbonyl (C=O) groups excluding carboxylic acids is 1. The van der Waals surface area contributed by atoms with E-state index in [1.54, 1.807) is 18.5 Å². The molecule has 7 nitrogen and oxygen atoms in total. The van der Waals surface area contributed by atoms with Gasteiger partial charge in [-0.2, -0.15) is 5.10 Å². The molecule has 3 rings (SSSR count). The number of hydrogen-bond donors (Lipinski definition) is 1. The molecular weight excluding hydrogens is 340 g/mol. The normalized spacial score (nSPS) is 12.3. The monoisotopic (exact) mass is 358 g/mol. The molecule has 0 aliphatic heterocycles. The number of nitrogens with zero attached hydrogens (tertiary/aromatic N) is 3. The zero-order valence-electron chi connectivity index (χ0n) is 14.1. The van der Waals surface area contributed by atoms with Gasteiger partial charge in [0.25, 0.3) is 5.56 Å². The average molecular weight is 358 g/mol. The second-order valence-electron chi connectivity index (χ2n) is 5.51. The van der Waals surface area contributed by atoms with Gasteiger partial charge in [0.2, 0.25) is 0 Å². The molecule has 2 heterocycles. The number of benzene rings is 1. The van der Waals surface area contributed by atoms with Gasteiger partial charge in [-0.15, -0.1) is 0 Å². The Balaban J connectivity index is 2.00. The molecule has 0 saturated carbocycles. The van der Waals surface area contributed by atoms with Gasteiger partial charge in [0.1, 0.15) is 10.6 Å². The quantitative estimate of drug-likeness (QED) is 0.428. The third-order valence-corrected chi connectivity index (χ3v) is 4.56. The maximum atomic E-state index is 12.3. The van der Waals surface area contributed by atoms with E-state index < -0.39 is 5.25 Å². The lowest BCUT2D eigenvalue weighted by atomic mass is 10.2. The van der Waals surface area contributed by atoms with Crippen LogP contribution in [0.2, 0.25) is 0 Å². The Kier molecular flexibility index (Phi) is 4.89. The highest BCUT2D eigenvalue weighted by Crippen LogP contribution is 2.22. The van der Waals surface area contributed by atoms with Crippen LogP contribution in [0, 0.1) is 6.92 Å². The van der Waals surface area contributed by atoms with E-state index in [4.69, 9.17) is 4.74 Å². The van der Waals surface area contributed by atoms with Gasteiger partial charge in [-0.1, -0.05) is 29.5 Å². The van der Waals surface area contributed by atoms with Crippen molar-refractivity contribution in [2.24, 2.45) is 0 Å². The van der Waals surface area contributed by atoms with E-state index in [0.29, 0.717) is 22.8 Å². The van der Waals surface area contributed by atoms with Gasteiger partial charge < -0.3 is 9.72 Å². The molecular formula is C17H18N4O3S. The second-order valence-corrected chi connectivity index (χ2v) is 6.84. The number of hydrogen-bond acceptors (Lipinski definition) is 6. The Bertz CT molecular complexity index is 962. The number of ether oxygens (including phenoxy) is 1. The zero-order valence-corrected chi connectivity index (χ0v) is 15.0. The molecule has 0 spiro atoms. The first-order chi connectivity index (χ1) is 12.0. The van der Waals surface area contributed by atoms with Crippen LogP contribution in [0.15, 0.2) is 40.4 Å². The predicted molar refractivity (Wildman–Crippen MR) is 96.2 cm³/mol. The van der Waals surface area contributed by atoms with Crippen LogP contribution < -0.4 is 5.56 Å². The lowest BCUT2D eigenvalue weighted by Gasteiger charge is -2.09. The Morgan fingerprint density at radius 2 is 2.08 bits per heavy atom. The summed E-state index contributed by atoms with van der Waals surface area (Å²) >= 11 is 1.15. The summed E-state index contributed by atoms with van der Waals surface area (Å²) in [6.07, 6.45) is 1.49. The van der Waals surface area contributed by atoms with Crippen LogP contribution in [0.3, 0.4) is 0 Å². The number of rotatable bonds is 5. The largest absolute Gasteiger partial charge is 0.465 e. The van der Waals surface area contributed by atoms with Crippen LogP contribution in [0.4, 0.5) is 0 Å². The molecule has 1 N–H and O–H groups in total. The first kappa shape index (κ1) is 17.2. The lowest BCUT2D eigenvalue weighted by molar-refractivity contribution is -0.142. The summed E-state index contributed by atoms with van der Waals surface area (Å²) in [5.74, 6) is -0.345. The first-order valence-corrected chi connectivity index (χ1v) is 8.76. The molecule has 0 unspecified atom stereocenters. The smallest absolute Gasteiger partial charge is 0.319 e. The highest BCUT2D eigenvalue weighted by molar-refractivity contribution is 8.00. The van der Waals surface area contributed by atoms with Crippen molar-refractivity contribution in [2.75, 3.05) is 6.61 Å². The van der Waals surface area contributed by atoms with Crippen molar-refractivity contribution in [2.45, 2.75) is 31.2 Å². The molecule has 0 aliphatic rings. The van der Waals surface area contributed by atoms with Gasteiger partial charge in [0.15, 0.2) is 10.8 Å². The Morgan fingerprint density at radius 1 is 1.36 bits per heavy atom. The Labute approximate surface area is 148 Å². The maximum Gasteiger partial charge on any atom is 0.319 e. The van der Waals surface area contributed by atoms with Crippen molar-refractivity contribution in [3.8, 4) is 5.69 Å². The molecule has 8 heteroatoms. The minimum absolute atomic E-state index is 0.290.